The van der Waals surface area contributed by atoms with Crippen molar-refractivity contribution in [3.63, 3.8) is 0 Å². The van der Waals surface area contributed by atoms with E-state index in [1.165, 1.54) is 5.69 Å². The fourth-order valence-electron chi connectivity index (χ4n) is 3.38. The maximum Gasteiger partial charge on any atom is 0.119 e. The Morgan fingerprint density at radius 2 is 1.72 bits per heavy atom. The zero-order chi connectivity index (χ0) is 17.7. The molecule has 4 heteroatoms. The summed E-state index contributed by atoms with van der Waals surface area (Å²) in [4.78, 5) is 2.41. The number of hydrogen-bond donors (Lipinski definition) is 2. The molecule has 4 nitrogen and oxygen atoms in total. The molecule has 1 aliphatic heterocycles. The highest BCUT2D eigenvalue weighted by molar-refractivity contribution is 5.49. The third-order valence-corrected chi connectivity index (χ3v) is 5.06. The molecule has 1 fully saturated rings. The lowest BCUT2D eigenvalue weighted by Gasteiger charge is -2.35. The molecule has 0 aromatic heterocycles. The molecular weight excluding hydrogens is 312 g/mol. The lowest BCUT2D eigenvalue weighted by Crippen LogP contribution is -2.46. The van der Waals surface area contributed by atoms with Crippen LogP contribution in [-0.4, -0.2) is 37.9 Å². The van der Waals surface area contributed by atoms with Gasteiger partial charge in [-0.1, -0.05) is 30.3 Å². The van der Waals surface area contributed by atoms with Crippen molar-refractivity contribution in [2.24, 2.45) is 0 Å². The van der Waals surface area contributed by atoms with Crippen LogP contribution >= 0.6 is 0 Å². The summed E-state index contributed by atoms with van der Waals surface area (Å²) in [6, 6.07) is 18.6. The largest absolute Gasteiger partial charge is 0.497 e. The molecule has 25 heavy (non-hydrogen) atoms. The molecule has 1 heterocycles. The Kier molecular flexibility index (Phi) is 5.61. The van der Waals surface area contributed by atoms with Crippen LogP contribution in [0.4, 0.5) is 5.69 Å². The molecule has 0 amide bonds. The van der Waals surface area contributed by atoms with Crippen LogP contribution in [0.5, 0.6) is 5.75 Å². The van der Waals surface area contributed by atoms with Gasteiger partial charge in [-0.05, 0) is 49.6 Å². The van der Waals surface area contributed by atoms with Crippen LogP contribution in [0.15, 0.2) is 54.6 Å². The van der Waals surface area contributed by atoms with Crippen molar-refractivity contribution in [3.05, 3.63) is 60.2 Å². The van der Waals surface area contributed by atoms with E-state index < -0.39 is 5.60 Å². The van der Waals surface area contributed by atoms with Crippen molar-refractivity contribution in [1.29, 1.82) is 0 Å². The maximum absolute atomic E-state index is 10.7. The minimum atomic E-state index is -0.839. The van der Waals surface area contributed by atoms with Crippen molar-refractivity contribution in [2.75, 3.05) is 31.6 Å². The third kappa shape index (κ3) is 4.53. The van der Waals surface area contributed by atoms with E-state index in [1.807, 2.05) is 49.4 Å². The number of aliphatic hydroxyl groups is 1. The predicted molar refractivity (Wildman–Crippen MR) is 102 cm³/mol. The summed E-state index contributed by atoms with van der Waals surface area (Å²) in [5, 5.41) is 14.3. The van der Waals surface area contributed by atoms with Crippen molar-refractivity contribution in [1.82, 2.24) is 5.32 Å². The second-order valence-electron chi connectivity index (χ2n) is 6.98. The molecule has 0 bridgehead atoms. The van der Waals surface area contributed by atoms with Crippen LogP contribution < -0.4 is 15.0 Å². The van der Waals surface area contributed by atoms with E-state index in [9.17, 15) is 5.11 Å². The van der Waals surface area contributed by atoms with Gasteiger partial charge in [0.25, 0.3) is 0 Å². The lowest BCUT2D eigenvalue weighted by atomic mass is 9.95. The summed E-state index contributed by atoms with van der Waals surface area (Å²) < 4.78 is 5.22. The quantitative estimate of drug-likeness (QED) is 0.848. The van der Waals surface area contributed by atoms with E-state index >= 15 is 0 Å². The number of rotatable bonds is 6. The van der Waals surface area contributed by atoms with Crippen molar-refractivity contribution in [3.8, 4) is 5.75 Å². The second-order valence-corrected chi connectivity index (χ2v) is 6.98. The molecule has 0 saturated carbocycles. The maximum atomic E-state index is 10.7. The van der Waals surface area contributed by atoms with Gasteiger partial charge in [0.1, 0.15) is 5.75 Å². The molecule has 1 unspecified atom stereocenters. The van der Waals surface area contributed by atoms with Gasteiger partial charge in [-0.15, -0.1) is 0 Å². The molecule has 0 aliphatic carbocycles. The van der Waals surface area contributed by atoms with Gasteiger partial charge < -0.3 is 20.1 Å². The van der Waals surface area contributed by atoms with E-state index in [4.69, 9.17) is 4.74 Å². The number of hydrogen-bond acceptors (Lipinski definition) is 4. The second kappa shape index (κ2) is 7.89. The highest BCUT2D eigenvalue weighted by atomic mass is 16.5. The number of benzene rings is 2. The Hall–Kier alpha value is -2.04. The monoisotopic (exact) mass is 340 g/mol. The van der Waals surface area contributed by atoms with Gasteiger partial charge in [0.05, 0.1) is 12.7 Å². The Labute approximate surface area is 150 Å². The Balaban J connectivity index is 1.49. The summed E-state index contributed by atoms with van der Waals surface area (Å²) in [7, 11) is 1.69. The smallest absolute Gasteiger partial charge is 0.119 e. The van der Waals surface area contributed by atoms with Gasteiger partial charge in [0.2, 0.25) is 0 Å². The number of nitrogens with one attached hydrogen (secondary N) is 1. The number of methoxy groups -OCH3 is 1. The molecule has 1 aliphatic rings. The summed E-state index contributed by atoms with van der Waals surface area (Å²) in [6.07, 6.45) is 2.16. The molecule has 1 saturated heterocycles. The summed E-state index contributed by atoms with van der Waals surface area (Å²) in [6.45, 7) is 4.50. The Morgan fingerprint density at radius 1 is 1.08 bits per heavy atom. The minimum Gasteiger partial charge on any atom is -0.497 e. The molecule has 0 radical (unpaired) electrons. The van der Waals surface area contributed by atoms with Gasteiger partial charge in [0, 0.05) is 31.4 Å². The Bertz CT molecular complexity index is 647. The molecule has 2 N–H and O–H groups in total. The fourth-order valence-corrected chi connectivity index (χ4v) is 3.38. The van der Waals surface area contributed by atoms with Crippen LogP contribution in [-0.2, 0) is 5.60 Å². The van der Waals surface area contributed by atoms with Crippen LogP contribution in [0.25, 0.3) is 0 Å². The minimum absolute atomic E-state index is 0.449. The SMILES string of the molecule is COc1ccc(N2CCC(NCC(C)(O)c3ccccc3)CC2)cc1. The molecule has 0 spiro atoms. The van der Waals surface area contributed by atoms with E-state index in [1.54, 1.807) is 7.11 Å². The van der Waals surface area contributed by atoms with E-state index in [-0.39, 0.29) is 0 Å². The molecule has 1 atom stereocenters. The number of nitrogens with zero attached hydrogens (tertiary/aromatic N) is 1. The first kappa shape index (κ1) is 17.8. The van der Waals surface area contributed by atoms with Crippen LogP contribution in [0.1, 0.15) is 25.3 Å². The zero-order valence-corrected chi connectivity index (χ0v) is 15.1. The average Bonchev–Trinajstić information content (AvgIpc) is 2.68. The average molecular weight is 340 g/mol. The fraction of sp³-hybridized carbons (Fsp3) is 0.429. The van der Waals surface area contributed by atoms with Crippen molar-refractivity contribution < 1.29 is 9.84 Å². The van der Waals surface area contributed by atoms with E-state index in [0.717, 1.165) is 37.2 Å². The van der Waals surface area contributed by atoms with E-state index in [2.05, 4.69) is 22.3 Å². The number of anilines is 1. The molecule has 2 aromatic rings. The highest BCUT2D eigenvalue weighted by Crippen LogP contribution is 2.24. The normalized spacial score (nSPS) is 18.0. The van der Waals surface area contributed by atoms with Gasteiger partial charge >= 0.3 is 0 Å². The van der Waals surface area contributed by atoms with Gasteiger partial charge in [0.15, 0.2) is 0 Å². The first-order valence-electron chi connectivity index (χ1n) is 8.99. The number of piperidine rings is 1. The first-order valence-corrected chi connectivity index (χ1v) is 8.99. The lowest BCUT2D eigenvalue weighted by molar-refractivity contribution is 0.0528. The summed E-state index contributed by atoms with van der Waals surface area (Å²) in [5.41, 5.74) is 1.36. The van der Waals surface area contributed by atoms with Crippen LogP contribution in [0.3, 0.4) is 0 Å². The molecule has 134 valence electrons. The molecule has 3 rings (SSSR count). The van der Waals surface area contributed by atoms with Crippen LogP contribution in [0.2, 0.25) is 0 Å². The molecular formula is C21H28N2O2. The summed E-state index contributed by atoms with van der Waals surface area (Å²) >= 11 is 0. The third-order valence-electron chi connectivity index (χ3n) is 5.06. The summed E-state index contributed by atoms with van der Waals surface area (Å²) in [5.74, 6) is 0.892. The van der Waals surface area contributed by atoms with Gasteiger partial charge in [-0.2, -0.15) is 0 Å². The van der Waals surface area contributed by atoms with Crippen LogP contribution in [0, 0.1) is 0 Å². The first-order chi connectivity index (χ1) is 12.1. The zero-order valence-electron chi connectivity index (χ0n) is 15.1. The predicted octanol–water partition coefficient (Wildman–Crippen LogP) is 3.16. The van der Waals surface area contributed by atoms with Gasteiger partial charge in [-0.25, -0.2) is 0 Å². The van der Waals surface area contributed by atoms with E-state index in [0.29, 0.717) is 12.6 Å². The van der Waals surface area contributed by atoms with Crippen molar-refractivity contribution >= 4 is 5.69 Å². The highest BCUT2D eigenvalue weighted by Gasteiger charge is 2.25. The van der Waals surface area contributed by atoms with Crippen molar-refractivity contribution in [2.45, 2.75) is 31.4 Å². The number of ether oxygens (including phenoxy) is 1. The Morgan fingerprint density at radius 3 is 2.32 bits per heavy atom. The molecule has 2 aromatic carbocycles. The topological polar surface area (TPSA) is 44.7 Å². The standard InChI is InChI=1S/C21H28N2O2/c1-21(24,17-6-4-3-5-7-17)16-22-18-12-14-23(15-13-18)19-8-10-20(25-2)11-9-19/h3-11,18,22,24H,12-16H2,1-2H3. The van der Waals surface area contributed by atoms with Gasteiger partial charge in [-0.3, -0.25) is 0 Å².